The number of rotatable bonds is 43. The SMILES string of the molecule is C=C(C)C(=O)OCC(C)OC(=O)NCCCCCCNC(=O)OC(C)COc1ccc(C(C)(C)c2ccc(OCC(C)OC(=O)NCCCCCCNC(=O)OC(C)COC(=O)C(=C)C)cc2)cc1.C=C(C)C(=O)OCCOCCOCCOC(=O)C(=C)C. The lowest BCUT2D eigenvalue weighted by Crippen LogP contribution is -2.31. The number of carbonyl (C=O) groups excluding carboxylic acids is 8. The minimum absolute atomic E-state index is 0.0469. The van der Waals surface area contributed by atoms with Gasteiger partial charge in [0.1, 0.15) is 75.6 Å². The van der Waals surface area contributed by atoms with Crippen LogP contribution in [-0.2, 0) is 72.0 Å². The fraction of sp³-hybridized carbons (Fsp3) is 0.569. The maximum absolute atomic E-state index is 12.3. The van der Waals surface area contributed by atoms with Crippen molar-refractivity contribution in [1.29, 1.82) is 0 Å². The lowest BCUT2D eigenvalue weighted by molar-refractivity contribution is -0.142. The van der Waals surface area contributed by atoms with Crippen LogP contribution in [0.25, 0.3) is 0 Å². The standard InChI is InChI=1S/C51H76N4O14.C14H22O6/c1-35(2)45(56)64-33-39(7)68-49(60)54-29-17-13-11-15-27-52-47(58)66-37(5)31-62-43-23-19-41(20-24-43)51(9,10)42-21-25-44(26-22-42)63-32-38(6)67-48(59)53-28-16-12-14-18-30-55-50(61)69-40(8)34-65-46(57)36(3)4;1-11(2)13(15)19-9-7-17-5-6-18-8-10-20-14(16)12(3)4/h19-26,37-40H,1,3,11-18,27-34H2,2,4-10H3,(H,52,58)(H,53,59)(H,54,60)(H,55,61);1,3,5-10H2,2,4H3. The third kappa shape index (κ3) is 39.4. The Kier molecular flexibility index (Phi) is 40.8. The molecule has 2 rings (SSSR count). The summed E-state index contributed by atoms with van der Waals surface area (Å²) < 4.78 is 62.9. The van der Waals surface area contributed by atoms with Gasteiger partial charge in [-0.2, -0.15) is 0 Å². The molecule has 2 aromatic rings. The number of unbranched alkanes of at least 4 members (excludes halogenated alkanes) is 6. The fourth-order valence-corrected chi connectivity index (χ4v) is 7.12. The van der Waals surface area contributed by atoms with Gasteiger partial charge in [-0.1, -0.05) is 90.1 Å². The molecule has 0 aliphatic heterocycles. The van der Waals surface area contributed by atoms with Gasteiger partial charge >= 0.3 is 48.3 Å². The number of benzene rings is 2. The molecule has 4 N–H and O–H groups in total. The molecule has 0 aliphatic rings. The van der Waals surface area contributed by atoms with Crippen molar-refractivity contribution in [3.8, 4) is 11.5 Å². The predicted molar refractivity (Wildman–Crippen MR) is 333 cm³/mol. The molecule has 0 fully saturated rings. The van der Waals surface area contributed by atoms with Gasteiger partial charge in [-0.05, 0) is 116 Å². The Balaban J connectivity index is 0.00000168. The minimum Gasteiger partial charge on any atom is -0.490 e. The zero-order chi connectivity index (χ0) is 66.6. The van der Waals surface area contributed by atoms with Crippen molar-refractivity contribution in [1.82, 2.24) is 21.3 Å². The maximum atomic E-state index is 12.3. The van der Waals surface area contributed by atoms with Crippen molar-refractivity contribution in [2.75, 3.05) is 92.2 Å². The Morgan fingerprint density at radius 3 is 0.888 bits per heavy atom. The van der Waals surface area contributed by atoms with Gasteiger partial charge in [-0.3, -0.25) is 0 Å². The van der Waals surface area contributed by atoms with E-state index in [0.717, 1.165) is 62.5 Å². The van der Waals surface area contributed by atoms with Crippen LogP contribution in [0.5, 0.6) is 11.5 Å². The molecule has 0 spiro atoms. The van der Waals surface area contributed by atoms with Crippen LogP contribution < -0.4 is 30.7 Å². The molecular weight excluding hydrogens is 1160 g/mol. The van der Waals surface area contributed by atoms with E-state index in [1.807, 2.05) is 48.5 Å². The van der Waals surface area contributed by atoms with E-state index in [-0.39, 0.29) is 56.2 Å². The second-order valence-corrected chi connectivity index (χ2v) is 21.5. The highest BCUT2D eigenvalue weighted by Gasteiger charge is 2.24. The molecule has 0 bridgehead atoms. The number of alkyl carbamates (subject to hydrolysis) is 4. The van der Waals surface area contributed by atoms with Crippen LogP contribution in [0.1, 0.15) is 132 Å². The van der Waals surface area contributed by atoms with Gasteiger partial charge in [0.25, 0.3) is 0 Å². The molecule has 0 aliphatic carbocycles. The van der Waals surface area contributed by atoms with E-state index in [9.17, 15) is 38.4 Å². The quantitative estimate of drug-likeness (QED) is 0.0208. The summed E-state index contributed by atoms with van der Waals surface area (Å²) in [6.45, 7) is 35.0. The van der Waals surface area contributed by atoms with E-state index in [1.54, 1.807) is 55.4 Å². The highest BCUT2D eigenvalue weighted by molar-refractivity contribution is 5.88. The van der Waals surface area contributed by atoms with Crippen molar-refractivity contribution in [2.45, 2.75) is 150 Å². The summed E-state index contributed by atoms with van der Waals surface area (Å²) in [5.74, 6) is -0.618. The molecule has 4 unspecified atom stereocenters. The third-order valence-corrected chi connectivity index (χ3v) is 12.2. The first kappa shape index (κ1) is 78.9. The topological polar surface area (TPSA) is 295 Å². The Morgan fingerprint density at radius 1 is 0.371 bits per heavy atom. The second-order valence-electron chi connectivity index (χ2n) is 21.5. The molecule has 24 nitrogen and oxygen atoms in total. The van der Waals surface area contributed by atoms with Crippen LogP contribution >= 0.6 is 0 Å². The van der Waals surface area contributed by atoms with E-state index in [0.29, 0.717) is 75.3 Å². The first-order chi connectivity index (χ1) is 42.2. The average Bonchev–Trinajstić information content (AvgIpc) is 1.35. The Morgan fingerprint density at radius 2 is 0.618 bits per heavy atom. The first-order valence-electron chi connectivity index (χ1n) is 29.9. The minimum atomic E-state index is -0.584. The number of esters is 4. The van der Waals surface area contributed by atoms with Crippen molar-refractivity contribution >= 4 is 48.3 Å². The Labute approximate surface area is 525 Å². The van der Waals surface area contributed by atoms with Gasteiger partial charge < -0.3 is 78.1 Å². The van der Waals surface area contributed by atoms with Gasteiger partial charge in [0, 0.05) is 53.9 Å². The lowest BCUT2D eigenvalue weighted by atomic mass is 9.78. The molecule has 89 heavy (non-hydrogen) atoms. The number of nitrogens with one attached hydrogen (secondary N) is 4. The molecular formula is C65H98N4O20. The Bertz CT molecular complexity index is 2350. The summed E-state index contributed by atoms with van der Waals surface area (Å²) >= 11 is 0. The molecule has 0 saturated carbocycles. The second kappa shape index (κ2) is 46.1. The Hall–Kier alpha value is -8.12. The number of amides is 4. The summed E-state index contributed by atoms with van der Waals surface area (Å²) in [7, 11) is 0. The number of hydrogen-bond acceptors (Lipinski definition) is 20. The van der Waals surface area contributed by atoms with Crippen LogP contribution in [0.15, 0.2) is 97.1 Å². The van der Waals surface area contributed by atoms with Gasteiger partial charge in [-0.25, -0.2) is 38.4 Å². The number of ether oxygens (including phenoxy) is 12. The third-order valence-electron chi connectivity index (χ3n) is 12.2. The van der Waals surface area contributed by atoms with E-state index < -0.39 is 72.7 Å². The van der Waals surface area contributed by atoms with Crippen LogP contribution in [0.3, 0.4) is 0 Å². The fourth-order valence-electron chi connectivity index (χ4n) is 7.12. The van der Waals surface area contributed by atoms with Gasteiger partial charge in [0.05, 0.1) is 26.4 Å². The zero-order valence-electron chi connectivity index (χ0n) is 54.0. The molecule has 4 atom stereocenters. The largest absolute Gasteiger partial charge is 0.490 e. The van der Waals surface area contributed by atoms with Gasteiger partial charge in [0.15, 0.2) is 0 Å². The average molecular weight is 1260 g/mol. The summed E-state index contributed by atoms with van der Waals surface area (Å²) in [5.41, 5.74) is 3.09. The van der Waals surface area contributed by atoms with Crippen LogP contribution in [-0.4, -0.2) is 165 Å². The zero-order valence-corrected chi connectivity index (χ0v) is 54.0. The van der Waals surface area contributed by atoms with E-state index in [4.69, 9.17) is 56.8 Å². The van der Waals surface area contributed by atoms with Crippen LogP contribution in [0.4, 0.5) is 19.2 Å². The summed E-state index contributed by atoms with van der Waals surface area (Å²) in [6.07, 6.45) is 2.09. The first-order valence-corrected chi connectivity index (χ1v) is 29.9. The summed E-state index contributed by atoms with van der Waals surface area (Å²) in [4.78, 5) is 93.3. The van der Waals surface area contributed by atoms with Crippen molar-refractivity contribution < 1.29 is 95.2 Å². The molecule has 0 aromatic heterocycles. The predicted octanol–water partition coefficient (Wildman–Crippen LogP) is 9.85. The number of carbonyl (C=O) groups is 8. The summed E-state index contributed by atoms with van der Waals surface area (Å²) in [5, 5.41) is 10.9. The highest BCUT2D eigenvalue weighted by Crippen LogP contribution is 2.33. The number of hydrogen-bond donors (Lipinski definition) is 4. The normalized spacial score (nSPS) is 12.0. The highest BCUT2D eigenvalue weighted by atomic mass is 16.6. The molecule has 4 amide bonds. The van der Waals surface area contributed by atoms with Crippen LogP contribution in [0, 0.1) is 0 Å². The molecule has 0 heterocycles. The molecule has 498 valence electrons. The van der Waals surface area contributed by atoms with E-state index in [1.165, 1.54) is 0 Å². The molecule has 24 heteroatoms. The monoisotopic (exact) mass is 1250 g/mol. The van der Waals surface area contributed by atoms with E-state index in [2.05, 4.69) is 61.4 Å². The lowest BCUT2D eigenvalue weighted by Gasteiger charge is -2.26. The van der Waals surface area contributed by atoms with Gasteiger partial charge in [-0.15, -0.1) is 0 Å². The smallest absolute Gasteiger partial charge is 0.407 e. The summed E-state index contributed by atoms with van der Waals surface area (Å²) in [6, 6.07) is 15.6. The maximum Gasteiger partial charge on any atom is 0.407 e. The van der Waals surface area contributed by atoms with Crippen molar-refractivity contribution in [2.24, 2.45) is 0 Å². The van der Waals surface area contributed by atoms with Crippen LogP contribution in [0.2, 0.25) is 0 Å². The van der Waals surface area contributed by atoms with Crippen molar-refractivity contribution in [3.05, 3.63) is 108 Å². The van der Waals surface area contributed by atoms with E-state index >= 15 is 0 Å². The van der Waals surface area contributed by atoms with Crippen molar-refractivity contribution in [3.63, 3.8) is 0 Å². The molecule has 0 radical (unpaired) electrons. The molecule has 0 saturated heterocycles. The molecule has 2 aromatic carbocycles. The van der Waals surface area contributed by atoms with Gasteiger partial charge in [0.2, 0.25) is 0 Å².